The first-order valence-corrected chi connectivity index (χ1v) is 27.9. The number of piperazine rings is 3. The van der Waals surface area contributed by atoms with Crippen LogP contribution in [0.1, 0.15) is 136 Å². The van der Waals surface area contributed by atoms with Gasteiger partial charge in [-0.05, 0) is 158 Å². The summed E-state index contributed by atoms with van der Waals surface area (Å²) < 4.78 is 38.5. The number of quaternary nitrogens is 1. The molecule has 68 heavy (non-hydrogen) atoms. The SMILES string of the molecule is CC(C)C1=CCN(C)CC1.CC(C)C1CCN(C)CC1.CC(C)C1CC[N+](C)(C)CC1.CC(C)N1CCN(C(C)C(F)(F)F)CC1.CC(C)N1CCN(C(C)C)CC1.CC(C)N1CCN(C)CC1. The maximum atomic E-state index is 12.4. The van der Waals surface area contributed by atoms with Gasteiger partial charge in [0.25, 0.3) is 0 Å². The number of hydrogen-bond acceptors (Lipinski definition) is 8. The lowest BCUT2D eigenvalue weighted by Gasteiger charge is -2.40. The lowest BCUT2D eigenvalue weighted by Crippen LogP contribution is -2.54. The third-order valence-electron chi connectivity index (χ3n) is 16.2. The van der Waals surface area contributed by atoms with Crippen LogP contribution in [0.3, 0.4) is 0 Å². The van der Waals surface area contributed by atoms with Gasteiger partial charge < -0.3 is 19.2 Å². The van der Waals surface area contributed by atoms with Crippen LogP contribution >= 0.6 is 0 Å². The Hall–Kier alpha value is -0.830. The Balaban J connectivity index is 0.000000411. The standard InChI is InChI=1S/C10H19F3N2.C10H22N2.C10H22N.C9H19N.C9H17N.C8H18N2/c1-8(2)14-4-6-15(7-5-14)9(3)10(11,12)13;1-9(2)11-5-7-12(8-6-11)10(3)4;1-9(2)10-5-7-11(3,4)8-6-10;2*1-8(2)9-4-6-10(3)7-5-9;1-8(2)10-6-4-9(3)5-7-10/h8-9H,4-7H2,1-3H3;9-10H,5-8H2,1-4H3;9-10H,5-8H2,1-4H3;8-9H,4-7H2,1-3H3;4,8H,5-7H2,1-3H3;8H,4-7H2,1-3H3/q;;+1;;;. The first-order valence-electron chi connectivity index (χ1n) is 27.9. The van der Waals surface area contributed by atoms with E-state index in [2.05, 4.69) is 173 Å². The molecule has 5 saturated heterocycles. The molecule has 6 aliphatic heterocycles. The molecule has 5 fully saturated rings. The van der Waals surface area contributed by atoms with Gasteiger partial charge in [0, 0.05) is 116 Å². The second-order valence-corrected chi connectivity index (χ2v) is 24.4. The average molecular weight is 974 g/mol. The minimum Gasteiger partial charge on any atom is -0.328 e. The van der Waals surface area contributed by atoms with E-state index in [1.54, 1.807) is 5.57 Å². The van der Waals surface area contributed by atoms with Gasteiger partial charge in [-0.3, -0.25) is 24.5 Å². The second-order valence-electron chi connectivity index (χ2n) is 24.4. The van der Waals surface area contributed by atoms with Crippen molar-refractivity contribution in [1.29, 1.82) is 0 Å². The summed E-state index contributed by atoms with van der Waals surface area (Å²) >= 11 is 0. The third kappa shape index (κ3) is 27.3. The molecule has 0 aromatic carbocycles. The zero-order chi connectivity index (χ0) is 51.9. The minimum absolute atomic E-state index is 0.424. The van der Waals surface area contributed by atoms with Crippen LogP contribution in [0.5, 0.6) is 0 Å². The first-order chi connectivity index (χ1) is 31.5. The van der Waals surface area contributed by atoms with Crippen molar-refractivity contribution in [3.63, 3.8) is 0 Å². The fourth-order valence-corrected chi connectivity index (χ4v) is 9.92. The third-order valence-corrected chi connectivity index (χ3v) is 16.2. The van der Waals surface area contributed by atoms with Crippen molar-refractivity contribution in [2.24, 2.45) is 29.6 Å². The number of hydrogen-bond donors (Lipinski definition) is 0. The predicted octanol–water partition coefficient (Wildman–Crippen LogP) is 10.0. The molecule has 6 aliphatic rings. The molecule has 0 amide bonds. The zero-order valence-electron chi connectivity index (χ0n) is 48.8. The van der Waals surface area contributed by atoms with Gasteiger partial charge in [0.15, 0.2) is 0 Å². The van der Waals surface area contributed by atoms with Gasteiger partial charge >= 0.3 is 6.18 Å². The average Bonchev–Trinajstić information content (AvgIpc) is 3.27. The first kappa shape index (κ1) is 65.2. The Kier molecular flexibility index (Phi) is 31.7. The Morgan fingerprint density at radius 3 is 1.06 bits per heavy atom. The Morgan fingerprint density at radius 1 is 0.441 bits per heavy atom. The van der Waals surface area contributed by atoms with Crippen LogP contribution in [0, 0.1) is 29.6 Å². The summed E-state index contributed by atoms with van der Waals surface area (Å²) in [6.45, 7) is 53.2. The summed E-state index contributed by atoms with van der Waals surface area (Å²) in [5.41, 5.74) is 1.64. The predicted molar refractivity (Wildman–Crippen MR) is 291 cm³/mol. The quantitative estimate of drug-likeness (QED) is 0.175. The minimum atomic E-state index is -4.10. The molecular formula is C56H117F3N9+. The van der Waals surface area contributed by atoms with Crippen LogP contribution < -0.4 is 0 Å². The van der Waals surface area contributed by atoms with E-state index in [0.29, 0.717) is 19.1 Å². The molecule has 9 nitrogen and oxygen atoms in total. The molecule has 0 bridgehead atoms. The molecule has 1 unspecified atom stereocenters. The monoisotopic (exact) mass is 973 g/mol. The lowest BCUT2D eigenvalue weighted by atomic mass is 9.86. The molecular weight excluding hydrogens is 856 g/mol. The topological polar surface area (TPSA) is 25.9 Å². The van der Waals surface area contributed by atoms with Crippen LogP contribution in [0.15, 0.2) is 11.6 Å². The number of rotatable bonds is 8. The molecule has 0 saturated carbocycles. The molecule has 0 aromatic rings. The smallest absolute Gasteiger partial charge is 0.328 e. The number of halogens is 3. The van der Waals surface area contributed by atoms with Crippen molar-refractivity contribution in [2.75, 3.05) is 153 Å². The number of likely N-dealkylation sites (tertiary alicyclic amines) is 2. The van der Waals surface area contributed by atoms with Gasteiger partial charge in [0.2, 0.25) is 0 Å². The summed E-state index contributed by atoms with van der Waals surface area (Å²) in [6.07, 6.45) is 5.24. The molecule has 6 heterocycles. The molecule has 0 aliphatic carbocycles. The number of alkyl halides is 3. The maximum Gasteiger partial charge on any atom is 0.403 e. The van der Waals surface area contributed by atoms with Crippen molar-refractivity contribution in [3.05, 3.63) is 11.6 Å². The van der Waals surface area contributed by atoms with Crippen molar-refractivity contribution in [3.8, 4) is 0 Å². The number of nitrogens with zero attached hydrogens (tertiary/aromatic N) is 9. The van der Waals surface area contributed by atoms with E-state index in [1.807, 2.05) is 0 Å². The van der Waals surface area contributed by atoms with Crippen molar-refractivity contribution in [2.45, 2.75) is 172 Å². The summed E-state index contributed by atoms with van der Waals surface area (Å²) in [6, 6.07) is 1.28. The highest BCUT2D eigenvalue weighted by molar-refractivity contribution is 5.09. The molecule has 406 valence electrons. The van der Waals surface area contributed by atoms with E-state index in [-0.39, 0.29) is 0 Å². The van der Waals surface area contributed by atoms with Crippen molar-refractivity contribution in [1.82, 2.24) is 39.2 Å². The fraction of sp³-hybridized carbons (Fsp3) is 0.964. The van der Waals surface area contributed by atoms with E-state index in [9.17, 15) is 13.2 Å². The van der Waals surface area contributed by atoms with Gasteiger partial charge in [0.05, 0.1) is 27.2 Å². The van der Waals surface area contributed by atoms with E-state index < -0.39 is 12.2 Å². The summed E-state index contributed by atoms with van der Waals surface area (Å²) in [5, 5.41) is 0. The van der Waals surface area contributed by atoms with Crippen LogP contribution in [0.4, 0.5) is 13.2 Å². The number of likely N-dealkylation sites (N-methyl/N-ethyl adjacent to an activating group) is 2. The summed E-state index contributed by atoms with van der Waals surface area (Å²) in [5.74, 6) is 4.55. The Morgan fingerprint density at radius 2 is 0.765 bits per heavy atom. The molecule has 0 spiro atoms. The second kappa shape index (κ2) is 33.1. The summed E-state index contributed by atoms with van der Waals surface area (Å²) in [4.78, 5) is 18.5. The van der Waals surface area contributed by atoms with Gasteiger partial charge in [-0.2, -0.15) is 13.2 Å². The molecule has 0 aromatic heterocycles. The highest BCUT2D eigenvalue weighted by atomic mass is 19.4. The molecule has 0 N–H and O–H groups in total. The van der Waals surface area contributed by atoms with Gasteiger partial charge in [-0.1, -0.05) is 53.2 Å². The fourth-order valence-electron chi connectivity index (χ4n) is 9.92. The molecule has 12 heteroatoms. The normalized spacial score (nSPS) is 23.5. The number of piperidine rings is 2. The van der Waals surface area contributed by atoms with E-state index >= 15 is 0 Å². The van der Waals surface area contributed by atoms with Crippen LogP contribution in [-0.2, 0) is 0 Å². The molecule has 6 rings (SSSR count). The van der Waals surface area contributed by atoms with Crippen molar-refractivity contribution >= 4 is 0 Å². The van der Waals surface area contributed by atoms with Gasteiger partial charge in [-0.25, -0.2) is 0 Å². The van der Waals surface area contributed by atoms with Crippen LogP contribution in [-0.4, -0.2) is 233 Å². The lowest BCUT2D eigenvalue weighted by molar-refractivity contribution is -0.896. The Labute approximate surface area is 422 Å². The van der Waals surface area contributed by atoms with E-state index in [0.717, 1.165) is 67.3 Å². The van der Waals surface area contributed by atoms with Gasteiger partial charge in [-0.15, -0.1) is 0 Å². The van der Waals surface area contributed by atoms with Gasteiger partial charge in [0.1, 0.15) is 6.04 Å². The zero-order valence-corrected chi connectivity index (χ0v) is 48.8. The molecule has 1 atom stereocenters. The largest absolute Gasteiger partial charge is 0.403 e. The highest BCUT2D eigenvalue weighted by Crippen LogP contribution is 2.27. The van der Waals surface area contributed by atoms with Crippen LogP contribution in [0.2, 0.25) is 0 Å². The molecule has 0 radical (unpaired) electrons. The maximum absolute atomic E-state index is 12.4. The Bertz CT molecular complexity index is 1220. The van der Waals surface area contributed by atoms with E-state index in [4.69, 9.17) is 0 Å². The summed E-state index contributed by atoms with van der Waals surface area (Å²) in [7, 11) is 11.3. The highest BCUT2D eigenvalue weighted by Gasteiger charge is 2.41. The van der Waals surface area contributed by atoms with Crippen LogP contribution in [0.25, 0.3) is 0 Å². The van der Waals surface area contributed by atoms with E-state index in [1.165, 1.54) is 133 Å². The van der Waals surface area contributed by atoms with Crippen molar-refractivity contribution < 1.29 is 17.7 Å².